The molecule has 2 bridgehead atoms. The minimum Gasteiger partial charge on any atom is -0.460 e. The van der Waals surface area contributed by atoms with Gasteiger partial charge in [-0.05, 0) is 85.5 Å². The highest BCUT2D eigenvalue weighted by Crippen LogP contribution is 2.58. The zero-order valence-electron chi connectivity index (χ0n) is 30.1. The average molecular weight is 848 g/mol. The van der Waals surface area contributed by atoms with Crippen LogP contribution in [0.2, 0.25) is 0 Å². The number of amides is 2. The maximum Gasteiger partial charge on any atom is 0.327 e. The van der Waals surface area contributed by atoms with Crippen molar-refractivity contribution in [2.24, 2.45) is 5.41 Å². The Kier molecular flexibility index (Phi) is 10.4. The van der Waals surface area contributed by atoms with Gasteiger partial charge >= 0.3 is 11.9 Å². The Hall–Kier alpha value is -3.19. The number of carbonyl (C=O) groups excluding carboxylic acids is 4. The number of nitrogens with zero attached hydrogens (tertiary/aromatic N) is 1. The molecule has 3 aliphatic heterocycles. The highest BCUT2D eigenvalue weighted by Gasteiger charge is 2.76. The molecule has 2 aromatic carbocycles. The van der Waals surface area contributed by atoms with Crippen LogP contribution in [0.5, 0.6) is 0 Å². The van der Waals surface area contributed by atoms with Crippen LogP contribution in [0.4, 0.5) is 0 Å². The molecule has 1 spiro atoms. The lowest BCUT2D eigenvalue weighted by Crippen LogP contribution is -2.71. The van der Waals surface area contributed by atoms with Gasteiger partial charge in [-0.1, -0.05) is 36.4 Å². The van der Waals surface area contributed by atoms with Crippen LogP contribution in [0.25, 0.3) is 0 Å². The topological polar surface area (TPSA) is 182 Å². The van der Waals surface area contributed by atoms with E-state index in [1.165, 1.54) is 12.0 Å². The summed E-state index contributed by atoms with van der Waals surface area (Å²) < 4.78 is 25.9. The van der Waals surface area contributed by atoms with Gasteiger partial charge < -0.3 is 39.8 Å². The van der Waals surface area contributed by atoms with Gasteiger partial charge in [0.2, 0.25) is 11.8 Å². The molecule has 5 aliphatic rings. The molecule has 0 unspecified atom stereocenters. The van der Waals surface area contributed by atoms with E-state index in [0.29, 0.717) is 12.8 Å². The zero-order valence-corrected chi connectivity index (χ0v) is 32.2. The Balaban J connectivity index is 1.16. The van der Waals surface area contributed by atoms with E-state index in [4.69, 9.17) is 23.8 Å². The van der Waals surface area contributed by atoms with Crippen LogP contribution in [0, 0.1) is 8.99 Å². The fourth-order valence-electron chi connectivity index (χ4n) is 8.39. The van der Waals surface area contributed by atoms with Crippen molar-refractivity contribution in [3.05, 3.63) is 68.8 Å². The Bertz CT molecular complexity index is 1720. The number of aliphatic hydroxyl groups is 2. The zero-order chi connectivity index (χ0) is 37.9. The molecular formula is C38H46IN3O11. The van der Waals surface area contributed by atoms with Crippen LogP contribution >= 0.6 is 22.6 Å². The lowest BCUT2D eigenvalue weighted by Gasteiger charge is -2.49. The number of esters is 2. The normalized spacial score (nSPS) is 29.8. The molecule has 0 aromatic heterocycles. The first kappa shape index (κ1) is 38.1. The second-order valence-corrected chi connectivity index (χ2v) is 17.0. The van der Waals surface area contributed by atoms with Gasteiger partial charge in [0.25, 0.3) is 0 Å². The van der Waals surface area contributed by atoms with Gasteiger partial charge in [0.15, 0.2) is 11.8 Å². The number of hydroxylamine groups is 2. The molecule has 2 aliphatic carbocycles. The van der Waals surface area contributed by atoms with Crippen molar-refractivity contribution in [1.82, 2.24) is 15.7 Å². The number of fused-ring (bicyclic) bond motifs is 5. The molecule has 53 heavy (non-hydrogen) atoms. The summed E-state index contributed by atoms with van der Waals surface area (Å²) in [6.07, 6.45) is -3.79. The second-order valence-electron chi connectivity index (χ2n) is 15.8. The number of hydrogen-bond donors (Lipinski definition) is 4. The number of ether oxygens (including phenoxy) is 4. The van der Waals surface area contributed by atoms with Crippen molar-refractivity contribution in [2.45, 2.75) is 126 Å². The Morgan fingerprint density at radius 1 is 1.04 bits per heavy atom. The minimum atomic E-state index is -1.59. The fourth-order valence-corrected chi connectivity index (χ4v) is 8.75. The Morgan fingerprint density at radius 2 is 1.70 bits per heavy atom. The molecule has 2 aromatic rings. The smallest absolute Gasteiger partial charge is 0.327 e. The molecule has 14 nitrogen and oxygen atoms in total. The first-order valence-corrected chi connectivity index (χ1v) is 19.1. The number of carbonyl (C=O) groups is 4. The van der Waals surface area contributed by atoms with E-state index >= 15 is 0 Å². The van der Waals surface area contributed by atoms with E-state index in [0.717, 1.165) is 20.3 Å². The fraction of sp³-hybridized carbons (Fsp3) is 0.579. The molecule has 3 saturated heterocycles. The van der Waals surface area contributed by atoms with Crippen LogP contribution in [0.1, 0.15) is 63.6 Å². The predicted octanol–water partition coefficient (Wildman–Crippen LogP) is 1.83. The third-order valence-corrected chi connectivity index (χ3v) is 11.4. The summed E-state index contributed by atoms with van der Waals surface area (Å²) in [5.41, 5.74) is 0.714. The molecule has 2 amide bonds. The summed E-state index contributed by atoms with van der Waals surface area (Å²) in [7, 11) is 0. The van der Waals surface area contributed by atoms with Gasteiger partial charge in [-0.2, -0.15) is 5.06 Å². The van der Waals surface area contributed by atoms with Gasteiger partial charge in [0.1, 0.15) is 41.5 Å². The number of nitrogens with one attached hydrogen (secondary N) is 2. The third-order valence-electron chi connectivity index (χ3n) is 10.7. The first-order valence-electron chi connectivity index (χ1n) is 18.0. The minimum absolute atomic E-state index is 0.0277. The molecule has 4 fully saturated rings. The number of halogens is 1. The van der Waals surface area contributed by atoms with E-state index in [-0.39, 0.29) is 25.8 Å². The largest absolute Gasteiger partial charge is 0.460 e. The van der Waals surface area contributed by atoms with E-state index < -0.39 is 95.8 Å². The number of benzene rings is 2. The molecule has 286 valence electrons. The van der Waals surface area contributed by atoms with Gasteiger partial charge in [-0.3, -0.25) is 24.0 Å². The van der Waals surface area contributed by atoms with Gasteiger partial charge in [-0.25, -0.2) is 0 Å². The summed E-state index contributed by atoms with van der Waals surface area (Å²) in [5, 5.41) is 27.7. The van der Waals surface area contributed by atoms with Crippen molar-refractivity contribution in [2.75, 3.05) is 6.61 Å². The summed E-state index contributed by atoms with van der Waals surface area (Å²) in [6, 6.07) is 12.1. The van der Waals surface area contributed by atoms with Gasteiger partial charge in [0.05, 0.1) is 25.3 Å². The highest BCUT2D eigenvalue weighted by atomic mass is 127. The van der Waals surface area contributed by atoms with Crippen molar-refractivity contribution in [3.8, 4) is 0 Å². The second kappa shape index (κ2) is 14.5. The Morgan fingerprint density at radius 3 is 2.32 bits per heavy atom. The SMILES string of the molecule is C[C@H](O)[C@@H](NC(=O)[C@@]12C[C@H]3OC(=O)[C@@H]1N(Cc1ccc(I)cc1)O[C@@H]2[C@H]1OC2(Cc4ccccc4C2)O[C@H]13)C(=O)N[C@H](CO)CCC(=O)OC(C)(C)C. The van der Waals surface area contributed by atoms with Crippen molar-refractivity contribution in [3.63, 3.8) is 0 Å². The van der Waals surface area contributed by atoms with E-state index in [2.05, 4.69) is 33.2 Å². The van der Waals surface area contributed by atoms with Crippen molar-refractivity contribution < 1.29 is 53.2 Å². The summed E-state index contributed by atoms with van der Waals surface area (Å²) in [5.74, 6) is -3.66. The lowest BCUT2D eigenvalue weighted by atomic mass is 9.62. The van der Waals surface area contributed by atoms with Crippen LogP contribution < -0.4 is 10.6 Å². The Labute approximate surface area is 321 Å². The molecule has 1 saturated carbocycles. The monoisotopic (exact) mass is 847 g/mol. The molecule has 4 N–H and O–H groups in total. The number of aliphatic hydroxyl groups excluding tert-OH is 2. The van der Waals surface area contributed by atoms with Crippen LogP contribution in [-0.4, -0.2) is 106 Å². The summed E-state index contributed by atoms with van der Waals surface area (Å²) in [4.78, 5) is 61.5. The molecule has 7 rings (SSSR count). The van der Waals surface area contributed by atoms with E-state index in [1.54, 1.807) is 20.8 Å². The molecule has 9 atom stereocenters. The van der Waals surface area contributed by atoms with Crippen LogP contribution in [0.3, 0.4) is 0 Å². The molecule has 0 radical (unpaired) electrons. The van der Waals surface area contributed by atoms with E-state index in [1.807, 2.05) is 48.5 Å². The lowest BCUT2D eigenvalue weighted by molar-refractivity contribution is -0.217. The molecule has 3 heterocycles. The van der Waals surface area contributed by atoms with Crippen LogP contribution in [0.15, 0.2) is 48.5 Å². The van der Waals surface area contributed by atoms with Crippen molar-refractivity contribution >= 4 is 46.3 Å². The standard InChI is InChI=1S/C38H46IN3O11/c1-20(44)28(33(46)40-25(19-43)13-14-27(45)50-36(2,3)4)41-35(48)38-17-26-29-30(52-37(51-29)15-22-7-5-6-8-23(22)16-37)32(38)53-42(31(38)34(47)49-26)18-21-9-11-24(39)12-10-21/h5-12,20,25-26,28-32,43-44H,13-19H2,1-4H3,(H,40,46)(H,41,48)/t20-,25-,26+,28+,29-,30-,31-,32+,38-/m0/s1. The number of hydrogen-bond acceptors (Lipinski definition) is 12. The van der Waals surface area contributed by atoms with Gasteiger partial charge in [-0.15, -0.1) is 0 Å². The van der Waals surface area contributed by atoms with Crippen LogP contribution in [-0.2, 0) is 62.3 Å². The third kappa shape index (κ3) is 7.33. The molecule has 15 heteroatoms. The molecular weight excluding hydrogens is 801 g/mol. The maximum absolute atomic E-state index is 14.9. The summed E-state index contributed by atoms with van der Waals surface area (Å²) in [6.45, 7) is 6.23. The predicted molar refractivity (Wildman–Crippen MR) is 194 cm³/mol. The summed E-state index contributed by atoms with van der Waals surface area (Å²) >= 11 is 2.21. The quantitative estimate of drug-likeness (QED) is 0.191. The van der Waals surface area contributed by atoms with Crippen molar-refractivity contribution in [1.29, 1.82) is 0 Å². The maximum atomic E-state index is 14.9. The first-order chi connectivity index (χ1) is 25.1. The van der Waals surface area contributed by atoms with E-state index in [9.17, 15) is 29.4 Å². The highest BCUT2D eigenvalue weighted by molar-refractivity contribution is 14.1. The number of rotatable bonds is 11. The van der Waals surface area contributed by atoms with Gasteiger partial charge in [0, 0.05) is 29.3 Å². The average Bonchev–Trinajstić information content (AvgIpc) is 3.76.